The third kappa shape index (κ3) is 1.96. The summed E-state index contributed by atoms with van der Waals surface area (Å²) >= 11 is 0. The average molecular weight is 142 g/mol. The molecule has 2 atom stereocenters. The third-order valence-corrected chi connectivity index (χ3v) is 2.32. The topological polar surface area (TPSA) is 29.3 Å². The van der Waals surface area contributed by atoms with Crippen LogP contribution in [-0.2, 0) is 0 Å². The zero-order valence-corrected chi connectivity index (χ0v) is 7.01. The van der Waals surface area contributed by atoms with Gasteiger partial charge in [0.1, 0.15) is 0 Å². The van der Waals surface area contributed by atoms with Crippen molar-refractivity contribution in [2.75, 3.05) is 13.6 Å². The molecule has 0 radical (unpaired) electrons. The van der Waals surface area contributed by atoms with Gasteiger partial charge in [-0.3, -0.25) is 0 Å². The summed E-state index contributed by atoms with van der Waals surface area (Å²) in [4.78, 5) is 2.42. The highest BCUT2D eigenvalue weighted by Crippen LogP contribution is 2.18. The smallest absolute Gasteiger partial charge is 0.0107 e. The van der Waals surface area contributed by atoms with E-state index in [1.807, 2.05) is 0 Å². The Kier molecular flexibility index (Phi) is 2.69. The Morgan fingerprint density at radius 1 is 1.70 bits per heavy atom. The number of nitrogens with zero attached hydrogens (tertiary/aromatic N) is 1. The maximum Gasteiger partial charge on any atom is 0.0107 e. The van der Waals surface area contributed by atoms with Crippen LogP contribution >= 0.6 is 0 Å². The van der Waals surface area contributed by atoms with Crippen LogP contribution in [0.5, 0.6) is 0 Å². The molecule has 0 spiro atoms. The quantitative estimate of drug-likeness (QED) is 0.618. The highest BCUT2D eigenvalue weighted by atomic mass is 15.1. The summed E-state index contributed by atoms with van der Waals surface area (Å²) in [5, 5.41) is 0. The molecule has 0 aromatic carbocycles. The molecule has 2 nitrogen and oxygen atoms in total. The molecule has 0 amide bonds. The standard InChI is InChI=1S/C8H18N2/c1-7(9)6-8-4-3-5-10(8)2/h7-8H,3-6,9H2,1-2H3/t7-,8-/m0/s1. The number of nitrogens with two attached hydrogens (primary N) is 1. The minimum Gasteiger partial charge on any atom is -0.328 e. The molecule has 0 bridgehead atoms. The van der Waals surface area contributed by atoms with Crippen molar-refractivity contribution in [3.8, 4) is 0 Å². The van der Waals surface area contributed by atoms with Crippen molar-refractivity contribution in [3.63, 3.8) is 0 Å². The molecule has 2 heteroatoms. The second kappa shape index (κ2) is 3.35. The largest absolute Gasteiger partial charge is 0.328 e. The van der Waals surface area contributed by atoms with Gasteiger partial charge in [-0.15, -0.1) is 0 Å². The van der Waals surface area contributed by atoms with Crippen molar-refractivity contribution in [3.05, 3.63) is 0 Å². The van der Waals surface area contributed by atoms with Crippen LogP contribution in [0.3, 0.4) is 0 Å². The van der Waals surface area contributed by atoms with Crippen LogP contribution in [0.1, 0.15) is 26.2 Å². The summed E-state index contributed by atoms with van der Waals surface area (Å²) in [6, 6.07) is 1.13. The molecular formula is C8H18N2. The van der Waals surface area contributed by atoms with Gasteiger partial charge in [0.05, 0.1) is 0 Å². The van der Waals surface area contributed by atoms with Gasteiger partial charge in [0, 0.05) is 12.1 Å². The summed E-state index contributed by atoms with van der Waals surface area (Å²) in [6.45, 7) is 3.35. The molecule has 1 aliphatic rings. The fraction of sp³-hybridized carbons (Fsp3) is 1.00. The number of hydrogen-bond acceptors (Lipinski definition) is 2. The van der Waals surface area contributed by atoms with Crippen molar-refractivity contribution in [2.45, 2.75) is 38.3 Å². The lowest BCUT2D eigenvalue weighted by Crippen LogP contribution is -2.31. The zero-order valence-electron chi connectivity index (χ0n) is 7.01. The Bertz CT molecular complexity index is 101. The second-order valence-corrected chi connectivity index (χ2v) is 3.49. The van der Waals surface area contributed by atoms with Crippen LogP contribution in [-0.4, -0.2) is 30.6 Å². The molecule has 0 unspecified atom stereocenters. The van der Waals surface area contributed by atoms with E-state index in [-0.39, 0.29) is 0 Å². The molecule has 0 aromatic rings. The molecule has 2 N–H and O–H groups in total. The molecule has 1 saturated heterocycles. The Morgan fingerprint density at radius 2 is 2.40 bits per heavy atom. The van der Waals surface area contributed by atoms with Crippen molar-refractivity contribution in [1.82, 2.24) is 4.90 Å². The number of likely N-dealkylation sites (tertiary alicyclic amines) is 1. The number of rotatable bonds is 2. The molecule has 0 aliphatic carbocycles. The molecule has 60 valence electrons. The summed E-state index contributed by atoms with van der Waals surface area (Å²) in [5.41, 5.74) is 5.71. The van der Waals surface area contributed by atoms with E-state index in [1.54, 1.807) is 0 Å². The van der Waals surface area contributed by atoms with Crippen LogP contribution in [0.15, 0.2) is 0 Å². The van der Waals surface area contributed by atoms with Gasteiger partial charge < -0.3 is 10.6 Å². The fourth-order valence-corrected chi connectivity index (χ4v) is 1.71. The molecule has 10 heavy (non-hydrogen) atoms. The zero-order chi connectivity index (χ0) is 7.56. The van der Waals surface area contributed by atoms with E-state index in [2.05, 4.69) is 18.9 Å². The van der Waals surface area contributed by atoms with Crippen LogP contribution in [0.25, 0.3) is 0 Å². The molecule has 0 aromatic heterocycles. The average Bonchev–Trinajstić information content (AvgIpc) is 2.15. The van der Waals surface area contributed by atoms with Crippen molar-refractivity contribution < 1.29 is 0 Å². The molecule has 0 saturated carbocycles. The summed E-state index contributed by atoms with van der Waals surface area (Å²) in [6.07, 6.45) is 3.86. The minimum atomic E-state index is 0.366. The van der Waals surface area contributed by atoms with E-state index in [9.17, 15) is 0 Å². The molecule has 1 heterocycles. The van der Waals surface area contributed by atoms with E-state index in [1.165, 1.54) is 19.4 Å². The van der Waals surface area contributed by atoms with Gasteiger partial charge in [0.2, 0.25) is 0 Å². The van der Waals surface area contributed by atoms with E-state index in [4.69, 9.17) is 5.73 Å². The first-order valence-electron chi connectivity index (χ1n) is 4.16. The highest BCUT2D eigenvalue weighted by molar-refractivity contribution is 4.78. The first-order chi connectivity index (χ1) is 4.70. The summed E-state index contributed by atoms with van der Waals surface area (Å²) in [5.74, 6) is 0. The first-order valence-corrected chi connectivity index (χ1v) is 4.16. The van der Waals surface area contributed by atoms with Gasteiger partial charge in [-0.25, -0.2) is 0 Å². The summed E-state index contributed by atoms with van der Waals surface area (Å²) in [7, 11) is 2.19. The highest BCUT2D eigenvalue weighted by Gasteiger charge is 2.21. The van der Waals surface area contributed by atoms with Crippen LogP contribution in [0.4, 0.5) is 0 Å². The summed E-state index contributed by atoms with van der Waals surface area (Å²) < 4.78 is 0. The van der Waals surface area contributed by atoms with Crippen LogP contribution in [0.2, 0.25) is 0 Å². The van der Waals surface area contributed by atoms with Crippen LogP contribution < -0.4 is 5.73 Å². The molecular weight excluding hydrogens is 124 g/mol. The fourth-order valence-electron chi connectivity index (χ4n) is 1.71. The van der Waals surface area contributed by atoms with Gasteiger partial charge in [-0.05, 0) is 39.8 Å². The van der Waals surface area contributed by atoms with Gasteiger partial charge in [0.15, 0.2) is 0 Å². The third-order valence-electron chi connectivity index (χ3n) is 2.32. The molecule has 1 fully saturated rings. The lowest BCUT2D eigenvalue weighted by Gasteiger charge is -2.20. The maximum absolute atomic E-state index is 5.71. The SMILES string of the molecule is C[C@H](N)C[C@@H]1CCCN1C. The Balaban J connectivity index is 2.26. The van der Waals surface area contributed by atoms with E-state index >= 15 is 0 Å². The lowest BCUT2D eigenvalue weighted by molar-refractivity contribution is 0.285. The van der Waals surface area contributed by atoms with Gasteiger partial charge in [-0.2, -0.15) is 0 Å². The predicted octanol–water partition coefficient (Wildman–Crippen LogP) is 0.818. The predicted molar refractivity (Wildman–Crippen MR) is 43.9 cm³/mol. The first kappa shape index (κ1) is 8.02. The van der Waals surface area contributed by atoms with E-state index in [0.29, 0.717) is 6.04 Å². The normalized spacial score (nSPS) is 30.9. The lowest BCUT2D eigenvalue weighted by atomic mass is 10.1. The van der Waals surface area contributed by atoms with Gasteiger partial charge in [-0.1, -0.05) is 0 Å². The van der Waals surface area contributed by atoms with Crippen LogP contribution in [0, 0.1) is 0 Å². The van der Waals surface area contributed by atoms with Crippen molar-refractivity contribution >= 4 is 0 Å². The van der Waals surface area contributed by atoms with E-state index < -0.39 is 0 Å². The minimum absolute atomic E-state index is 0.366. The number of hydrogen-bond donors (Lipinski definition) is 1. The van der Waals surface area contributed by atoms with Gasteiger partial charge >= 0.3 is 0 Å². The molecule has 1 aliphatic heterocycles. The second-order valence-electron chi connectivity index (χ2n) is 3.49. The monoisotopic (exact) mass is 142 g/mol. The molecule has 1 rings (SSSR count). The Hall–Kier alpha value is -0.0800. The van der Waals surface area contributed by atoms with Crippen molar-refractivity contribution in [1.29, 1.82) is 0 Å². The van der Waals surface area contributed by atoms with Crippen molar-refractivity contribution in [2.24, 2.45) is 5.73 Å². The Morgan fingerprint density at radius 3 is 2.80 bits per heavy atom. The maximum atomic E-state index is 5.71. The van der Waals surface area contributed by atoms with E-state index in [0.717, 1.165) is 12.5 Å². The van der Waals surface area contributed by atoms with Gasteiger partial charge in [0.25, 0.3) is 0 Å². The Labute approximate surface area is 63.4 Å².